The molecule has 0 aliphatic heterocycles. The topological polar surface area (TPSA) is 52.1 Å². The average molecular weight is 310 g/mol. The number of hydrogen-bond acceptors (Lipinski definition) is 5. The van der Waals surface area contributed by atoms with Crippen LogP contribution in [0.25, 0.3) is 10.7 Å². The van der Waals surface area contributed by atoms with E-state index in [9.17, 15) is 4.79 Å². The van der Waals surface area contributed by atoms with Crippen LogP contribution in [0.3, 0.4) is 0 Å². The van der Waals surface area contributed by atoms with Crippen molar-refractivity contribution < 1.29 is 9.53 Å². The second kappa shape index (κ2) is 6.49. The molecule has 0 fully saturated rings. The van der Waals surface area contributed by atoms with Crippen molar-refractivity contribution >= 4 is 17.3 Å². The van der Waals surface area contributed by atoms with Gasteiger partial charge in [-0.05, 0) is 31.2 Å². The predicted octanol–water partition coefficient (Wildman–Crippen LogP) is 3.87. The van der Waals surface area contributed by atoms with Crippen LogP contribution in [0.2, 0.25) is 0 Å². The minimum Gasteiger partial charge on any atom is -0.456 e. The highest BCUT2D eigenvalue weighted by molar-refractivity contribution is 7.13. The lowest BCUT2D eigenvalue weighted by Gasteiger charge is -2.03. The molecule has 22 heavy (non-hydrogen) atoms. The SMILES string of the molecule is Cc1cccc(C(=O)OCc2csc(-c3ccccn3)n2)c1. The Labute approximate surface area is 132 Å². The molecule has 3 aromatic rings. The minimum absolute atomic E-state index is 0.163. The van der Waals surface area contributed by atoms with E-state index in [0.29, 0.717) is 5.56 Å². The molecule has 0 radical (unpaired) electrons. The van der Waals surface area contributed by atoms with Gasteiger partial charge in [-0.3, -0.25) is 4.98 Å². The molecule has 0 saturated carbocycles. The number of pyridine rings is 1. The molecule has 0 atom stereocenters. The molecule has 0 N–H and O–H groups in total. The zero-order valence-electron chi connectivity index (χ0n) is 12.0. The first-order valence-electron chi connectivity index (χ1n) is 6.82. The smallest absolute Gasteiger partial charge is 0.338 e. The number of thiazole rings is 1. The molecule has 4 nitrogen and oxygen atoms in total. The van der Waals surface area contributed by atoms with Gasteiger partial charge in [0, 0.05) is 11.6 Å². The van der Waals surface area contributed by atoms with E-state index < -0.39 is 0 Å². The van der Waals surface area contributed by atoms with Crippen LogP contribution in [0.5, 0.6) is 0 Å². The molecule has 5 heteroatoms. The number of rotatable bonds is 4. The summed E-state index contributed by atoms with van der Waals surface area (Å²) in [6, 6.07) is 13.0. The lowest BCUT2D eigenvalue weighted by atomic mass is 10.1. The van der Waals surface area contributed by atoms with Crippen molar-refractivity contribution in [3.63, 3.8) is 0 Å². The highest BCUT2D eigenvalue weighted by Gasteiger charge is 2.10. The molecule has 0 aliphatic carbocycles. The van der Waals surface area contributed by atoms with Crippen molar-refractivity contribution in [2.45, 2.75) is 13.5 Å². The molecular weight excluding hydrogens is 296 g/mol. The standard InChI is InChI=1S/C17H14N2O2S/c1-12-5-4-6-13(9-12)17(20)21-10-14-11-22-16(19-14)15-7-2-3-8-18-15/h2-9,11H,10H2,1H3. The number of benzene rings is 1. The van der Waals surface area contributed by atoms with Gasteiger partial charge >= 0.3 is 5.97 Å². The Hall–Kier alpha value is -2.53. The van der Waals surface area contributed by atoms with Gasteiger partial charge in [0.15, 0.2) is 0 Å². The maximum atomic E-state index is 12.0. The van der Waals surface area contributed by atoms with E-state index in [-0.39, 0.29) is 12.6 Å². The van der Waals surface area contributed by atoms with E-state index in [1.165, 1.54) is 11.3 Å². The van der Waals surface area contributed by atoms with E-state index in [0.717, 1.165) is 22.0 Å². The Morgan fingerprint density at radius 3 is 2.91 bits per heavy atom. The molecular formula is C17H14N2O2S. The van der Waals surface area contributed by atoms with Crippen molar-refractivity contribution in [1.29, 1.82) is 0 Å². The second-order valence-corrected chi connectivity index (χ2v) is 5.66. The fourth-order valence-corrected chi connectivity index (χ4v) is 2.75. The number of esters is 1. The van der Waals surface area contributed by atoms with Gasteiger partial charge in [0.2, 0.25) is 0 Å². The molecule has 3 rings (SSSR count). The van der Waals surface area contributed by atoms with Crippen molar-refractivity contribution in [3.05, 3.63) is 70.9 Å². The normalized spacial score (nSPS) is 10.4. The fourth-order valence-electron chi connectivity index (χ4n) is 1.98. The predicted molar refractivity (Wildman–Crippen MR) is 85.6 cm³/mol. The molecule has 1 aromatic carbocycles. The molecule has 2 heterocycles. The lowest BCUT2D eigenvalue weighted by molar-refractivity contribution is 0.0468. The van der Waals surface area contributed by atoms with E-state index in [4.69, 9.17) is 4.74 Å². The van der Waals surface area contributed by atoms with Crippen molar-refractivity contribution in [3.8, 4) is 10.7 Å². The maximum absolute atomic E-state index is 12.0. The molecule has 110 valence electrons. The van der Waals surface area contributed by atoms with E-state index >= 15 is 0 Å². The summed E-state index contributed by atoms with van der Waals surface area (Å²) in [5.41, 5.74) is 3.14. The maximum Gasteiger partial charge on any atom is 0.338 e. The van der Waals surface area contributed by atoms with Crippen LogP contribution in [0.1, 0.15) is 21.6 Å². The Kier molecular flexibility index (Phi) is 4.25. The van der Waals surface area contributed by atoms with Crippen LogP contribution in [-0.2, 0) is 11.3 Å². The number of nitrogens with zero attached hydrogens (tertiary/aromatic N) is 2. The molecule has 0 unspecified atom stereocenters. The quantitative estimate of drug-likeness (QED) is 0.686. The van der Waals surface area contributed by atoms with Gasteiger partial charge < -0.3 is 4.74 Å². The first-order valence-corrected chi connectivity index (χ1v) is 7.70. The highest BCUT2D eigenvalue weighted by atomic mass is 32.1. The van der Waals surface area contributed by atoms with Crippen LogP contribution in [0.4, 0.5) is 0 Å². The van der Waals surface area contributed by atoms with Gasteiger partial charge in [-0.1, -0.05) is 23.8 Å². The molecule has 0 amide bonds. The third-order valence-corrected chi connectivity index (χ3v) is 3.95. The number of ether oxygens (including phenoxy) is 1. The number of carbonyl (C=O) groups is 1. The van der Waals surface area contributed by atoms with Gasteiger partial charge in [-0.25, -0.2) is 9.78 Å². The van der Waals surface area contributed by atoms with Gasteiger partial charge in [-0.2, -0.15) is 0 Å². The van der Waals surface area contributed by atoms with Gasteiger partial charge in [0.25, 0.3) is 0 Å². The summed E-state index contributed by atoms with van der Waals surface area (Å²) >= 11 is 1.49. The van der Waals surface area contributed by atoms with Crippen LogP contribution in [0.15, 0.2) is 54.0 Å². The first-order chi connectivity index (χ1) is 10.7. The Bertz CT molecular complexity index is 784. The van der Waals surface area contributed by atoms with Crippen molar-refractivity contribution in [2.75, 3.05) is 0 Å². The summed E-state index contributed by atoms with van der Waals surface area (Å²) in [6.07, 6.45) is 1.73. The van der Waals surface area contributed by atoms with Gasteiger partial charge in [-0.15, -0.1) is 11.3 Å². The number of aryl methyl sites for hydroxylation is 1. The average Bonchev–Trinajstić information content (AvgIpc) is 3.02. The third-order valence-electron chi connectivity index (χ3n) is 3.04. The summed E-state index contributed by atoms with van der Waals surface area (Å²) in [5.74, 6) is -0.337. The highest BCUT2D eigenvalue weighted by Crippen LogP contribution is 2.21. The third kappa shape index (κ3) is 3.38. The summed E-state index contributed by atoms with van der Waals surface area (Å²) in [6.45, 7) is 2.10. The molecule has 0 bridgehead atoms. The van der Waals surface area contributed by atoms with Crippen LogP contribution in [0, 0.1) is 6.92 Å². The Balaban J connectivity index is 1.65. The molecule has 0 aliphatic rings. The largest absolute Gasteiger partial charge is 0.456 e. The second-order valence-electron chi connectivity index (χ2n) is 4.80. The number of hydrogen-bond donors (Lipinski definition) is 0. The van der Waals surface area contributed by atoms with Gasteiger partial charge in [0.1, 0.15) is 11.6 Å². The summed E-state index contributed by atoms with van der Waals surface area (Å²) in [7, 11) is 0. The summed E-state index contributed by atoms with van der Waals surface area (Å²) in [4.78, 5) is 20.7. The Morgan fingerprint density at radius 2 is 2.14 bits per heavy atom. The van der Waals surface area contributed by atoms with Gasteiger partial charge in [0.05, 0.1) is 17.0 Å². The zero-order chi connectivity index (χ0) is 15.4. The summed E-state index contributed by atoms with van der Waals surface area (Å²) < 4.78 is 5.30. The van der Waals surface area contributed by atoms with Crippen LogP contribution in [-0.4, -0.2) is 15.9 Å². The fraction of sp³-hybridized carbons (Fsp3) is 0.118. The first kappa shape index (κ1) is 14.4. The molecule has 2 aromatic heterocycles. The lowest BCUT2D eigenvalue weighted by Crippen LogP contribution is -2.05. The van der Waals surface area contributed by atoms with E-state index in [1.54, 1.807) is 12.3 Å². The number of carbonyl (C=O) groups excluding carboxylic acids is 1. The van der Waals surface area contributed by atoms with E-state index in [2.05, 4.69) is 9.97 Å². The van der Waals surface area contributed by atoms with Crippen LogP contribution < -0.4 is 0 Å². The Morgan fingerprint density at radius 1 is 1.23 bits per heavy atom. The minimum atomic E-state index is -0.337. The number of aromatic nitrogens is 2. The van der Waals surface area contributed by atoms with E-state index in [1.807, 2.05) is 48.7 Å². The van der Waals surface area contributed by atoms with Crippen LogP contribution >= 0.6 is 11.3 Å². The van der Waals surface area contributed by atoms with Crippen molar-refractivity contribution in [2.24, 2.45) is 0 Å². The molecule has 0 saturated heterocycles. The zero-order valence-corrected chi connectivity index (χ0v) is 12.8. The summed E-state index contributed by atoms with van der Waals surface area (Å²) in [5, 5.41) is 2.70. The monoisotopic (exact) mass is 310 g/mol. The van der Waals surface area contributed by atoms with Crippen molar-refractivity contribution in [1.82, 2.24) is 9.97 Å². The molecule has 0 spiro atoms.